The van der Waals surface area contributed by atoms with Crippen molar-refractivity contribution in [3.63, 3.8) is 0 Å². The first-order valence-electron chi connectivity index (χ1n) is 5.97. The number of pyridine rings is 1. The summed E-state index contributed by atoms with van der Waals surface area (Å²) >= 11 is 5.94. The summed E-state index contributed by atoms with van der Waals surface area (Å²) < 4.78 is 1.80. The molecule has 1 amide bonds. The molecule has 6 heteroatoms. The molecule has 0 unspecified atom stereocenters. The molecule has 0 bridgehead atoms. The van der Waals surface area contributed by atoms with Crippen LogP contribution in [0.4, 0.5) is 0 Å². The summed E-state index contributed by atoms with van der Waals surface area (Å²) in [7, 11) is 0. The number of hydrogen-bond acceptors (Lipinski definition) is 3. The lowest BCUT2D eigenvalue weighted by atomic mass is 10.1. The Hall–Kier alpha value is -2.40. The molecular weight excluding hydrogens is 276 g/mol. The standard InChI is InChI=1S/C14H11ClN4O/c15-11-4-10-3-9(1-2-12(10)17-5-11)6-19-7-13(14(16)20)18-8-19/h1-5,7-8H,6H2,(H2,16,20). The number of halogens is 1. The zero-order valence-electron chi connectivity index (χ0n) is 10.5. The third-order valence-corrected chi connectivity index (χ3v) is 3.17. The van der Waals surface area contributed by atoms with Crippen molar-refractivity contribution in [3.05, 3.63) is 59.3 Å². The third-order valence-electron chi connectivity index (χ3n) is 2.96. The van der Waals surface area contributed by atoms with Gasteiger partial charge in [-0.15, -0.1) is 0 Å². The normalized spacial score (nSPS) is 10.8. The summed E-state index contributed by atoms with van der Waals surface area (Å²) in [6.07, 6.45) is 4.84. The molecule has 0 saturated carbocycles. The second-order valence-electron chi connectivity index (χ2n) is 4.48. The van der Waals surface area contributed by atoms with Crippen LogP contribution in [0.2, 0.25) is 5.02 Å². The Morgan fingerprint density at radius 3 is 2.90 bits per heavy atom. The number of primary amides is 1. The number of carbonyl (C=O) groups excluding carboxylic acids is 1. The molecule has 20 heavy (non-hydrogen) atoms. The Kier molecular flexibility index (Phi) is 3.12. The molecule has 3 aromatic rings. The van der Waals surface area contributed by atoms with Crippen molar-refractivity contribution in [3.8, 4) is 0 Å². The van der Waals surface area contributed by atoms with Gasteiger partial charge in [-0.05, 0) is 23.8 Å². The van der Waals surface area contributed by atoms with E-state index in [1.807, 2.05) is 24.3 Å². The van der Waals surface area contributed by atoms with Crippen molar-refractivity contribution in [2.45, 2.75) is 6.54 Å². The van der Waals surface area contributed by atoms with Crippen LogP contribution in [0.1, 0.15) is 16.1 Å². The summed E-state index contributed by atoms with van der Waals surface area (Å²) in [5.41, 5.74) is 7.39. The first-order chi connectivity index (χ1) is 9.61. The number of nitrogens with zero attached hydrogens (tertiary/aromatic N) is 3. The number of fused-ring (bicyclic) bond motifs is 1. The van der Waals surface area contributed by atoms with Gasteiger partial charge >= 0.3 is 0 Å². The minimum atomic E-state index is -0.529. The molecular formula is C14H11ClN4O. The van der Waals surface area contributed by atoms with E-state index in [1.54, 1.807) is 23.3 Å². The number of hydrogen-bond donors (Lipinski definition) is 1. The van der Waals surface area contributed by atoms with Crippen LogP contribution in [-0.4, -0.2) is 20.4 Å². The van der Waals surface area contributed by atoms with Gasteiger partial charge in [0, 0.05) is 24.3 Å². The predicted molar refractivity (Wildman–Crippen MR) is 76.6 cm³/mol. The molecule has 2 heterocycles. The van der Waals surface area contributed by atoms with Crippen molar-refractivity contribution in [1.82, 2.24) is 14.5 Å². The summed E-state index contributed by atoms with van der Waals surface area (Å²) in [4.78, 5) is 19.2. The van der Waals surface area contributed by atoms with Gasteiger partial charge in [0.05, 0.1) is 16.9 Å². The molecule has 3 rings (SSSR count). The van der Waals surface area contributed by atoms with Gasteiger partial charge in [0.2, 0.25) is 0 Å². The summed E-state index contributed by atoms with van der Waals surface area (Å²) in [5.74, 6) is -0.529. The maximum absolute atomic E-state index is 11.0. The molecule has 0 radical (unpaired) electrons. The lowest BCUT2D eigenvalue weighted by molar-refractivity contribution is 0.0996. The van der Waals surface area contributed by atoms with Crippen LogP contribution >= 0.6 is 11.6 Å². The van der Waals surface area contributed by atoms with Crippen molar-refractivity contribution in [2.75, 3.05) is 0 Å². The lowest BCUT2D eigenvalue weighted by Gasteiger charge is -2.04. The van der Waals surface area contributed by atoms with Crippen LogP contribution in [0.15, 0.2) is 43.0 Å². The molecule has 2 N–H and O–H groups in total. The largest absolute Gasteiger partial charge is 0.364 e. The highest BCUT2D eigenvalue weighted by Crippen LogP contribution is 2.18. The second-order valence-corrected chi connectivity index (χ2v) is 4.91. The van der Waals surface area contributed by atoms with E-state index < -0.39 is 5.91 Å². The van der Waals surface area contributed by atoms with Crippen LogP contribution in [0.25, 0.3) is 10.9 Å². The Bertz CT molecular complexity index is 797. The monoisotopic (exact) mass is 286 g/mol. The minimum absolute atomic E-state index is 0.260. The van der Waals surface area contributed by atoms with E-state index in [2.05, 4.69) is 9.97 Å². The van der Waals surface area contributed by atoms with Gasteiger partial charge in [0.1, 0.15) is 5.69 Å². The molecule has 0 fully saturated rings. The topological polar surface area (TPSA) is 73.8 Å². The quantitative estimate of drug-likeness (QED) is 0.802. The van der Waals surface area contributed by atoms with E-state index in [4.69, 9.17) is 17.3 Å². The Balaban J connectivity index is 1.91. The fraction of sp³-hybridized carbons (Fsp3) is 0.0714. The average molecular weight is 287 g/mol. The van der Waals surface area contributed by atoms with E-state index in [9.17, 15) is 4.79 Å². The summed E-state index contributed by atoms with van der Waals surface area (Å²) in [5, 5.41) is 1.58. The zero-order chi connectivity index (χ0) is 14.1. The molecule has 0 aliphatic carbocycles. The van der Waals surface area contributed by atoms with Gasteiger partial charge in [-0.3, -0.25) is 9.78 Å². The molecule has 2 aromatic heterocycles. The minimum Gasteiger partial charge on any atom is -0.364 e. The highest BCUT2D eigenvalue weighted by atomic mass is 35.5. The lowest BCUT2D eigenvalue weighted by Crippen LogP contribution is -2.11. The Morgan fingerprint density at radius 2 is 2.15 bits per heavy atom. The van der Waals surface area contributed by atoms with Crippen LogP contribution < -0.4 is 5.73 Å². The maximum Gasteiger partial charge on any atom is 0.268 e. The molecule has 1 aromatic carbocycles. The van der Waals surface area contributed by atoms with Gasteiger partial charge in [-0.25, -0.2) is 4.98 Å². The Labute approximate surface area is 120 Å². The molecule has 0 aliphatic rings. The van der Waals surface area contributed by atoms with E-state index in [0.717, 1.165) is 16.5 Å². The molecule has 5 nitrogen and oxygen atoms in total. The smallest absolute Gasteiger partial charge is 0.268 e. The molecule has 0 spiro atoms. The van der Waals surface area contributed by atoms with E-state index in [1.165, 1.54) is 0 Å². The zero-order valence-corrected chi connectivity index (χ0v) is 11.2. The van der Waals surface area contributed by atoms with E-state index in [0.29, 0.717) is 11.6 Å². The SMILES string of the molecule is NC(=O)c1cn(Cc2ccc3ncc(Cl)cc3c2)cn1. The number of amides is 1. The van der Waals surface area contributed by atoms with Gasteiger partial charge in [0.15, 0.2) is 0 Å². The Morgan fingerprint density at radius 1 is 1.30 bits per heavy atom. The predicted octanol–water partition coefficient (Wildman–Crippen LogP) is 2.23. The van der Waals surface area contributed by atoms with Crippen LogP contribution in [0.5, 0.6) is 0 Å². The number of carbonyl (C=O) groups is 1. The van der Waals surface area contributed by atoms with Crippen LogP contribution in [0.3, 0.4) is 0 Å². The molecule has 0 aliphatic heterocycles. The van der Waals surface area contributed by atoms with Crippen molar-refractivity contribution in [1.29, 1.82) is 0 Å². The molecule has 0 atom stereocenters. The van der Waals surface area contributed by atoms with Crippen molar-refractivity contribution < 1.29 is 4.79 Å². The van der Waals surface area contributed by atoms with Crippen molar-refractivity contribution in [2.24, 2.45) is 5.73 Å². The average Bonchev–Trinajstić information content (AvgIpc) is 2.87. The van der Waals surface area contributed by atoms with E-state index >= 15 is 0 Å². The van der Waals surface area contributed by atoms with E-state index in [-0.39, 0.29) is 5.69 Å². The summed E-state index contributed by atoms with van der Waals surface area (Å²) in [6.45, 7) is 0.600. The fourth-order valence-corrected chi connectivity index (χ4v) is 2.20. The number of benzene rings is 1. The third kappa shape index (κ3) is 2.48. The van der Waals surface area contributed by atoms with Gasteiger partial charge in [0.25, 0.3) is 5.91 Å². The highest BCUT2D eigenvalue weighted by Gasteiger charge is 2.05. The molecule has 100 valence electrons. The fourth-order valence-electron chi connectivity index (χ4n) is 2.04. The number of rotatable bonds is 3. The summed E-state index contributed by atoms with van der Waals surface area (Å²) in [6, 6.07) is 7.80. The second kappa shape index (κ2) is 4.94. The van der Waals surface area contributed by atoms with Gasteiger partial charge in [-0.1, -0.05) is 17.7 Å². The number of imidazole rings is 1. The van der Waals surface area contributed by atoms with Crippen LogP contribution in [-0.2, 0) is 6.54 Å². The molecule has 0 saturated heterocycles. The first-order valence-corrected chi connectivity index (χ1v) is 6.35. The maximum atomic E-state index is 11.0. The van der Waals surface area contributed by atoms with Crippen LogP contribution in [0, 0.1) is 0 Å². The van der Waals surface area contributed by atoms with Crippen molar-refractivity contribution >= 4 is 28.4 Å². The first kappa shape index (κ1) is 12.6. The highest BCUT2D eigenvalue weighted by molar-refractivity contribution is 6.31. The van der Waals surface area contributed by atoms with Gasteiger partial charge < -0.3 is 10.3 Å². The van der Waals surface area contributed by atoms with Gasteiger partial charge in [-0.2, -0.15) is 0 Å². The number of nitrogens with two attached hydrogens (primary N) is 1. The number of aromatic nitrogens is 3.